The van der Waals surface area contributed by atoms with E-state index in [1.807, 2.05) is 31.4 Å². The first kappa shape index (κ1) is 17.1. The molecule has 5 nitrogen and oxygen atoms in total. The van der Waals surface area contributed by atoms with Gasteiger partial charge in [0.25, 0.3) is 0 Å². The largest absolute Gasteiger partial charge is 0.508 e. The van der Waals surface area contributed by atoms with Gasteiger partial charge in [0.15, 0.2) is 5.82 Å². The molecular formula is C19H19N3O2S. The van der Waals surface area contributed by atoms with Crippen molar-refractivity contribution >= 4 is 23.1 Å². The molecule has 0 radical (unpaired) electrons. The first-order valence-corrected chi connectivity index (χ1v) is 8.91. The summed E-state index contributed by atoms with van der Waals surface area (Å²) in [4.78, 5) is 22.2. The number of rotatable bonds is 5. The summed E-state index contributed by atoms with van der Waals surface area (Å²) in [5, 5.41) is 14.3. The molecule has 2 N–H and O–H groups in total. The second-order valence-corrected chi connectivity index (χ2v) is 7.07. The summed E-state index contributed by atoms with van der Waals surface area (Å²) in [5.41, 5.74) is 2.19. The van der Waals surface area contributed by atoms with Crippen LogP contribution < -0.4 is 5.32 Å². The van der Waals surface area contributed by atoms with Crippen LogP contribution in [0.1, 0.15) is 20.3 Å². The Hall–Kier alpha value is -2.73. The van der Waals surface area contributed by atoms with E-state index < -0.39 is 0 Å². The van der Waals surface area contributed by atoms with Gasteiger partial charge in [-0.1, -0.05) is 19.9 Å². The van der Waals surface area contributed by atoms with E-state index in [9.17, 15) is 9.90 Å². The fourth-order valence-corrected chi connectivity index (χ4v) is 3.11. The van der Waals surface area contributed by atoms with Crippen LogP contribution in [0.5, 0.6) is 5.75 Å². The Bertz CT molecular complexity index is 859. The number of anilines is 1. The molecule has 2 aromatic heterocycles. The molecule has 3 rings (SSSR count). The summed E-state index contributed by atoms with van der Waals surface area (Å²) in [6.07, 6.45) is 2.07. The number of hydrogen-bond donors (Lipinski definition) is 2. The van der Waals surface area contributed by atoms with Gasteiger partial charge in [0.2, 0.25) is 5.91 Å². The van der Waals surface area contributed by atoms with E-state index in [-0.39, 0.29) is 17.6 Å². The highest BCUT2D eigenvalue weighted by Crippen LogP contribution is 2.31. The molecular weight excluding hydrogens is 334 g/mol. The molecule has 1 aromatic carbocycles. The number of phenolic OH excluding ortho intramolecular Hbond substituents is 1. The van der Waals surface area contributed by atoms with E-state index in [1.54, 1.807) is 41.8 Å². The van der Waals surface area contributed by atoms with Gasteiger partial charge in [0.05, 0.1) is 16.8 Å². The molecule has 25 heavy (non-hydrogen) atoms. The van der Waals surface area contributed by atoms with E-state index in [0.717, 1.165) is 10.4 Å². The van der Waals surface area contributed by atoms with E-state index in [2.05, 4.69) is 10.3 Å². The van der Waals surface area contributed by atoms with Crippen molar-refractivity contribution in [2.24, 2.45) is 5.92 Å². The summed E-state index contributed by atoms with van der Waals surface area (Å²) in [6.45, 7) is 4.00. The lowest BCUT2D eigenvalue weighted by Gasteiger charge is -2.11. The summed E-state index contributed by atoms with van der Waals surface area (Å²) in [6, 6.07) is 10.7. The van der Waals surface area contributed by atoms with Crippen LogP contribution >= 0.6 is 11.3 Å². The summed E-state index contributed by atoms with van der Waals surface area (Å²) >= 11 is 1.54. The predicted octanol–water partition coefficient (Wildman–Crippen LogP) is 4.56. The van der Waals surface area contributed by atoms with E-state index in [0.29, 0.717) is 23.6 Å². The maximum absolute atomic E-state index is 12.1. The van der Waals surface area contributed by atoms with Crippen molar-refractivity contribution in [3.63, 3.8) is 0 Å². The van der Waals surface area contributed by atoms with Crippen LogP contribution in [0.2, 0.25) is 0 Å². The van der Waals surface area contributed by atoms with Gasteiger partial charge < -0.3 is 10.4 Å². The molecule has 0 aliphatic rings. The average Bonchev–Trinajstić information content (AvgIpc) is 3.09. The Balaban J connectivity index is 1.98. The summed E-state index contributed by atoms with van der Waals surface area (Å²) in [5.74, 6) is 0.872. The minimum Gasteiger partial charge on any atom is -0.508 e. The van der Waals surface area contributed by atoms with Crippen LogP contribution in [0, 0.1) is 5.92 Å². The molecule has 0 aliphatic heterocycles. The van der Waals surface area contributed by atoms with Crippen molar-refractivity contribution in [3.8, 4) is 27.6 Å². The van der Waals surface area contributed by atoms with E-state index in [4.69, 9.17) is 4.98 Å². The van der Waals surface area contributed by atoms with Crippen molar-refractivity contribution in [2.75, 3.05) is 5.32 Å². The zero-order valence-electron chi connectivity index (χ0n) is 14.1. The third kappa shape index (κ3) is 4.22. The number of phenols is 1. The van der Waals surface area contributed by atoms with E-state index >= 15 is 0 Å². The van der Waals surface area contributed by atoms with Crippen LogP contribution in [0.25, 0.3) is 21.8 Å². The normalized spacial score (nSPS) is 10.8. The minimum absolute atomic E-state index is 0.0699. The monoisotopic (exact) mass is 353 g/mol. The van der Waals surface area contributed by atoms with Gasteiger partial charge in [-0.3, -0.25) is 4.79 Å². The van der Waals surface area contributed by atoms with Crippen LogP contribution in [0.4, 0.5) is 5.82 Å². The Labute approximate surface area is 150 Å². The molecule has 0 saturated carbocycles. The van der Waals surface area contributed by atoms with Gasteiger partial charge in [-0.25, -0.2) is 9.97 Å². The van der Waals surface area contributed by atoms with Gasteiger partial charge in [-0.05, 0) is 41.6 Å². The topological polar surface area (TPSA) is 75.1 Å². The fourth-order valence-electron chi connectivity index (χ4n) is 2.39. The standard InChI is InChI=1S/C19H19N3O2S/c1-12(2)10-17(24)22-19-18(16-4-3-9-25-16)21-15(11-20-19)13-5-7-14(23)8-6-13/h3-9,11-12,23H,10H2,1-2H3,(H,20,22,24). The van der Waals surface area contributed by atoms with Gasteiger partial charge in [-0.2, -0.15) is 0 Å². The van der Waals surface area contributed by atoms with Gasteiger partial charge in [0, 0.05) is 12.0 Å². The van der Waals surface area contributed by atoms with Crippen molar-refractivity contribution in [1.82, 2.24) is 9.97 Å². The summed E-state index contributed by atoms with van der Waals surface area (Å²) < 4.78 is 0. The SMILES string of the molecule is CC(C)CC(=O)Nc1ncc(-c2ccc(O)cc2)nc1-c1cccs1. The molecule has 1 amide bonds. The first-order valence-electron chi connectivity index (χ1n) is 8.03. The second-order valence-electron chi connectivity index (χ2n) is 6.12. The van der Waals surface area contributed by atoms with Gasteiger partial charge in [-0.15, -0.1) is 11.3 Å². The fraction of sp³-hybridized carbons (Fsp3) is 0.211. The van der Waals surface area contributed by atoms with Gasteiger partial charge >= 0.3 is 0 Å². The molecule has 6 heteroatoms. The molecule has 0 fully saturated rings. The molecule has 0 spiro atoms. The summed E-state index contributed by atoms with van der Waals surface area (Å²) in [7, 11) is 0. The molecule has 2 heterocycles. The van der Waals surface area contributed by atoms with Crippen molar-refractivity contribution in [1.29, 1.82) is 0 Å². The molecule has 0 bridgehead atoms. The number of benzene rings is 1. The lowest BCUT2D eigenvalue weighted by atomic mass is 10.1. The second kappa shape index (κ2) is 7.44. The van der Waals surface area contributed by atoms with Crippen LogP contribution in [0.15, 0.2) is 48.0 Å². The number of amides is 1. The highest BCUT2D eigenvalue weighted by atomic mass is 32.1. The number of hydrogen-bond acceptors (Lipinski definition) is 5. The first-order chi connectivity index (χ1) is 12.0. The molecule has 0 saturated heterocycles. The molecule has 0 atom stereocenters. The third-order valence-corrected chi connectivity index (χ3v) is 4.42. The Morgan fingerprint density at radius 3 is 2.64 bits per heavy atom. The lowest BCUT2D eigenvalue weighted by molar-refractivity contribution is -0.116. The smallest absolute Gasteiger partial charge is 0.225 e. The Morgan fingerprint density at radius 1 is 1.24 bits per heavy atom. The van der Waals surface area contributed by atoms with Gasteiger partial charge in [0.1, 0.15) is 11.4 Å². The lowest BCUT2D eigenvalue weighted by Crippen LogP contribution is -2.16. The third-order valence-electron chi connectivity index (χ3n) is 3.54. The minimum atomic E-state index is -0.0699. The number of aromatic hydroxyl groups is 1. The van der Waals surface area contributed by atoms with Crippen LogP contribution in [0.3, 0.4) is 0 Å². The number of nitrogens with one attached hydrogen (secondary N) is 1. The Kier molecular flexibility index (Phi) is 5.09. The van der Waals surface area contributed by atoms with E-state index in [1.165, 1.54) is 0 Å². The molecule has 0 aliphatic carbocycles. The number of aromatic nitrogens is 2. The van der Waals surface area contributed by atoms with Crippen LogP contribution in [-0.2, 0) is 4.79 Å². The highest BCUT2D eigenvalue weighted by Gasteiger charge is 2.15. The molecule has 0 unspecified atom stereocenters. The van der Waals surface area contributed by atoms with Crippen molar-refractivity contribution in [2.45, 2.75) is 20.3 Å². The predicted molar refractivity (Wildman–Crippen MR) is 101 cm³/mol. The molecule has 128 valence electrons. The van der Waals surface area contributed by atoms with Crippen LogP contribution in [-0.4, -0.2) is 21.0 Å². The highest BCUT2D eigenvalue weighted by molar-refractivity contribution is 7.13. The number of carbonyl (C=O) groups excluding carboxylic acids is 1. The average molecular weight is 353 g/mol. The van der Waals surface area contributed by atoms with Crippen molar-refractivity contribution in [3.05, 3.63) is 48.0 Å². The quantitative estimate of drug-likeness (QED) is 0.705. The van der Waals surface area contributed by atoms with Crippen molar-refractivity contribution < 1.29 is 9.90 Å². The zero-order valence-corrected chi connectivity index (χ0v) is 14.9. The molecule has 3 aromatic rings. The number of thiophene rings is 1. The maximum Gasteiger partial charge on any atom is 0.225 e. The zero-order chi connectivity index (χ0) is 17.8. The Morgan fingerprint density at radius 2 is 2.00 bits per heavy atom. The maximum atomic E-state index is 12.1. The number of carbonyl (C=O) groups is 1. The number of nitrogens with zero attached hydrogens (tertiary/aromatic N) is 2.